The average Bonchev–Trinajstić information content (AvgIpc) is 3.56. The molecular weight excluding hydrogens is 514 g/mol. The molecule has 0 spiro atoms. The van der Waals surface area contributed by atoms with Crippen LogP contribution in [0.5, 0.6) is 11.8 Å². The minimum absolute atomic E-state index is 0.141. The van der Waals surface area contributed by atoms with E-state index in [-0.39, 0.29) is 29.8 Å². The SMILES string of the molecule is COc1ncnc(OC)c1-n1c(CS(=O)(=O)[C@@H](C)[C@@H](OC(C)C)c2ncc(C)cn2)nnc1[C@@H]1CCCO1. The highest BCUT2D eigenvalue weighted by Crippen LogP contribution is 2.36. The summed E-state index contributed by atoms with van der Waals surface area (Å²) < 4.78 is 52.1. The number of aryl methyl sites for hydroxylation is 1. The molecule has 206 valence electrons. The first-order valence-corrected chi connectivity index (χ1v) is 14.0. The van der Waals surface area contributed by atoms with Crippen LogP contribution in [-0.2, 0) is 25.1 Å². The highest BCUT2D eigenvalue weighted by molar-refractivity contribution is 7.91. The van der Waals surface area contributed by atoms with Crippen LogP contribution in [-0.4, -0.2) is 75.3 Å². The number of rotatable bonds is 11. The first-order valence-electron chi connectivity index (χ1n) is 12.3. The third kappa shape index (κ3) is 5.76. The molecular formula is C24H33N7O6S. The van der Waals surface area contributed by atoms with E-state index in [2.05, 4.69) is 30.1 Å². The van der Waals surface area contributed by atoms with Crippen LogP contribution in [0.25, 0.3) is 5.69 Å². The van der Waals surface area contributed by atoms with Crippen LogP contribution in [0.3, 0.4) is 0 Å². The van der Waals surface area contributed by atoms with Crippen molar-refractivity contribution < 1.29 is 27.4 Å². The fourth-order valence-electron chi connectivity index (χ4n) is 4.22. The average molecular weight is 548 g/mol. The molecule has 4 rings (SSSR count). The molecule has 0 aromatic carbocycles. The van der Waals surface area contributed by atoms with Crippen molar-refractivity contribution >= 4 is 9.84 Å². The molecule has 0 aliphatic carbocycles. The Balaban J connectivity index is 1.78. The maximum absolute atomic E-state index is 13.8. The molecule has 0 saturated carbocycles. The van der Waals surface area contributed by atoms with E-state index in [1.54, 1.807) is 23.9 Å². The summed E-state index contributed by atoms with van der Waals surface area (Å²) in [5.74, 6) is 0.749. The topological polar surface area (TPSA) is 153 Å². The second kappa shape index (κ2) is 11.7. The summed E-state index contributed by atoms with van der Waals surface area (Å²) in [7, 11) is -0.981. The zero-order valence-corrected chi connectivity index (χ0v) is 23.2. The fraction of sp³-hybridized carbons (Fsp3) is 0.583. The number of sulfone groups is 1. The van der Waals surface area contributed by atoms with Gasteiger partial charge in [0.05, 0.1) is 25.6 Å². The van der Waals surface area contributed by atoms with Crippen LogP contribution in [0, 0.1) is 6.92 Å². The van der Waals surface area contributed by atoms with Gasteiger partial charge < -0.3 is 18.9 Å². The van der Waals surface area contributed by atoms with Gasteiger partial charge in [-0.25, -0.2) is 18.4 Å². The smallest absolute Gasteiger partial charge is 0.245 e. The van der Waals surface area contributed by atoms with Crippen LogP contribution in [0.1, 0.15) is 68.9 Å². The van der Waals surface area contributed by atoms with Crippen molar-refractivity contribution in [3.8, 4) is 17.4 Å². The van der Waals surface area contributed by atoms with Crippen molar-refractivity contribution in [3.05, 3.63) is 41.8 Å². The van der Waals surface area contributed by atoms with Gasteiger partial charge in [0.25, 0.3) is 0 Å². The number of ether oxygens (including phenoxy) is 4. The van der Waals surface area contributed by atoms with E-state index >= 15 is 0 Å². The number of nitrogens with zero attached hydrogens (tertiary/aromatic N) is 7. The normalized spacial score (nSPS) is 17.5. The van der Waals surface area contributed by atoms with Crippen molar-refractivity contribution in [1.82, 2.24) is 34.7 Å². The monoisotopic (exact) mass is 547 g/mol. The van der Waals surface area contributed by atoms with Crippen LogP contribution < -0.4 is 9.47 Å². The van der Waals surface area contributed by atoms with Gasteiger partial charge in [0, 0.05) is 19.0 Å². The molecule has 1 fully saturated rings. The summed E-state index contributed by atoms with van der Waals surface area (Å²) in [6.45, 7) is 7.67. The van der Waals surface area contributed by atoms with Gasteiger partial charge in [0.2, 0.25) is 11.8 Å². The van der Waals surface area contributed by atoms with Crippen molar-refractivity contribution in [3.63, 3.8) is 0 Å². The lowest BCUT2D eigenvalue weighted by Gasteiger charge is -2.25. The molecule has 3 aromatic rings. The molecule has 13 nitrogen and oxygen atoms in total. The van der Waals surface area contributed by atoms with Crippen LogP contribution in [0.15, 0.2) is 18.7 Å². The van der Waals surface area contributed by atoms with E-state index in [1.165, 1.54) is 20.5 Å². The zero-order chi connectivity index (χ0) is 27.4. The second-order valence-corrected chi connectivity index (χ2v) is 11.6. The molecule has 0 amide bonds. The van der Waals surface area contributed by atoms with Gasteiger partial charge in [0.15, 0.2) is 33.0 Å². The largest absolute Gasteiger partial charge is 0.479 e. The minimum atomic E-state index is -3.89. The Morgan fingerprint density at radius 1 is 1.05 bits per heavy atom. The van der Waals surface area contributed by atoms with Gasteiger partial charge in [-0.15, -0.1) is 10.2 Å². The van der Waals surface area contributed by atoms with Crippen LogP contribution in [0.2, 0.25) is 0 Å². The maximum Gasteiger partial charge on any atom is 0.245 e. The Bertz CT molecular complexity index is 1320. The summed E-state index contributed by atoms with van der Waals surface area (Å²) in [5, 5.41) is 7.61. The number of hydrogen-bond acceptors (Lipinski definition) is 12. The first-order chi connectivity index (χ1) is 18.2. The Morgan fingerprint density at radius 3 is 2.26 bits per heavy atom. The quantitative estimate of drug-likeness (QED) is 0.346. The third-order valence-corrected chi connectivity index (χ3v) is 8.18. The van der Waals surface area contributed by atoms with Gasteiger partial charge >= 0.3 is 0 Å². The van der Waals surface area contributed by atoms with Crippen molar-refractivity contribution in [1.29, 1.82) is 0 Å². The fourth-order valence-corrected chi connectivity index (χ4v) is 5.59. The summed E-state index contributed by atoms with van der Waals surface area (Å²) in [6, 6.07) is 0. The molecule has 0 bridgehead atoms. The first kappa shape index (κ1) is 27.8. The van der Waals surface area contributed by atoms with Gasteiger partial charge in [-0.3, -0.25) is 4.57 Å². The molecule has 3 aromatic heterocycles. The van der Waals surface area contributed by atoms with E-state index in [1.807, 2.05) is 20.8 Å². The summed E-state index contributed by atoms with van der Waals surface area (Å²) in [5.41, 5.74) is 1.15. The molecule has 14 heteroatoms. The Labute approximate surface area is 221 Å². The van der Waals surface area contributed by atoms with Crippen molar-refractivity contribution in [2.45, 2.75) is 69.9 Å². The molecule has 0 radical (unpaired) electrons. The molecule has 3 atom stereocenters. The van der Waals surface area contributed by atoms with Crippen LogP contribution in [0.4, 0.5) is 0 Å². The van der Waals surface area contributed by atoms with E-state index in [4.69, 9.17) is 18.9 Å². The van der Waals surface area contributed by atoms with E-state index < -0.39 is 26.9 Å². The van der Waals surface area contributed by atoms with E-state index in [0.29, 0.717) is 30.4 Å². The second-order valence-electron chi connectivity index (χ2n) is 9.29. The lowest BCUT2D eigenvalue weighted by molar-refractivity contribution is 0.00140. The summed E-state index contributed by atoms with van der Waals surface area (Å²) in [4.78, 5) is 17.1. The highest BCUT2D eigenvalue weighted by Gasteiger charge is 2.37. The maximum atomic E-state index is 13.8. The molecule has 1 aliphatic rings. The van der Waals surface area contributed by atoms with Crippen molar-refractivity contribution in [2.24, 2.45) is 0 Å². The summed E-state index contributed by atoms with van der Waals surface area (Å²) >= 11 is 0. The molecule has 0 N–H and O–H groups in total. The molecule has 1 aliphatic heterocycles. The van der Waals surface area contributed by atoms with E-state index in [9.17, 15) is 8.42 Å². The Hall–Kier alpha value is -3.23. The van der Waals surface area contributed by atoms with Gasteiger partial charge in [-0.1, -0.05) is 0 Å². The molecule has 1 saturated heterocycles. The lowest BCUT2D eigenvalue weighted by atomic mass is 10.2. The molecule has 38 heavy (non-hydrogen) atoms. The van der Waals surface area contributed by atoms with Gasteiger partial charge in [-0.05, 0) is 46.1 Å². The number of aromatic nitrogens is 7. The van der Waals surface area contributed by atoms with Crippen molar-refractivity contribution in [2.75, 3.05) is 20.8 Å². The summed E-state index contributed by atoms with van der Waals surface area (Å²) in [6.07, 6.45) is 4.58. The predicted molar refractivity (Wildman–Crippen MR) is 136 cm³/mol. The molecule has 0 unspecified atom stereocenters. The third-order valence-electron chi connectivity index (χ3n) is 6.14. The number of hydrogen-bond donors (Lipinski definition) is 0. The lowest BCUT2D eigenvalue weighted by Crippen LogP contribution is -2.32. The Morgan fingerprint density at radius 2 is 1.71 bits per heavy atom. The standard InChI is InChI=1S/C24H33N7O6S/c1-14(2)37-20(21-25-10-15(3)11-26-21)16(4)38(32,33)12-18-29-30-22(17-8-7-9-36-17)31(18)19-23(34-5)27-13-28-24(19)35-6/h10-11,13-14,16-17,20H,7-9,12H2,1-6H3/t16-,17-,20+/m0/s1. The predicted octanol–water partition coefficient (Wildman–Crippen LogP) is 2.49. The Kier molecular flexibility index (Phi) is 8.53. The van der Waals surface area contributed by atoms with Gasteiger partial charge in [0.1, 0.15) is 24.3 Å². The minimum Gasteiger partial charge on any atom is -0.479 e. The van der Waals surface area contributed by atoms with E-state index in [0.717, 1.165) is 12.0 Å². The number of methoxy groups -OCH3 is 2. The highest BCUT2D eigenvalue weighted by atomic mass is 32.2. The van der Waals surface area contributed by atoms with Gasteiger partial charge in [-0.2, -0.15) is 9.97 Å². The molecule has 4 heterocycles. The van der Waals surface area contributed by atoms with Crippen LogP contribution >= 0.6 is 0 Å². The zero-order valence-electron chi connectivity index (χ0n) is 22.4.